The van der Waals surface area contributed by atoms with Crippen molar-refractivity contribution in [3.05, 3.63) is 0 Å². The normalized spacial score (nSPS) is 41.9. The summed E-state index contributed by atoms with van der Waals surface area (Å²) in [6, 6.07) is 4.90. The maximum Gasteiger partial charge on any atom is 0.0109 e. The molecule has 9 atom stereocenters. The topological polar surface area (TPSA) is 9.72 Å². The van der Waals surface area contributed by atoms with Crippen LogP contribution in [-0.2, 0) is 0 Å². The molecule has 5 aliphatic carbocycles. The molecule has 0 aromatic heterocycles. The lowest BCUT2D eigenvalue weighted by Crippen LogP contribution is -2.45. The van der Waals surface area contributed by atoms with Crippen LogP contribution in [-0.4, -0.2) is 70.6 Å². The Morgan fingerprint density at radius 1 is 0.444 bits per heavy atom. The second-order valence-corrected chi connectivity index (χ2v) is 26.2. The van der Waals surface area contributed by atoms with Crippen molar-refractivity contribution in [3.63, 3.8) is 0 Å². The minimum atomic E-state index is 0.571. The van der Waals surface area contributed by atoms with Gasteiger partial charge < -0.3 is 0 Å². The van der Waals surface area contributed by atoms with E-state index < -0.39 is 0 Å². The van der Waals surface area contributed by atoms with Gasteiger partial charge in [-0.05, 0) is 188 Å². The molecule has 4 aliphatic heterocycles. The van der Waals surface area contributed by atoms with Gasteiger partial charge in [-0.1, -0.05) is 82.6 Å². The summed E-state index contributed by atoms with van der Waals surface area (Å²) in [6.07, 6.45) is 21.9. The molecule has 0 aromatic carbocycles. The van der Waals surface area contributed by atoms with Crippen LogP contribution in [0.2, 0.25) is 0 Å². The van der Waals surface area contributed by atoms with E-state index in [1.54, 1.807) is 0 Å². The van der Waals surface area contributed by atoms with Gasteiger partial charge in [-0.2, -0.15) is 0 Å². The van der Waals surface area contributed by atoms with Gasteiger partial charge in [-0.3, -0.25) is 14.7 Å². The van der Waals surface area contributed by atoms with Gasteiger partial charge in [0.15, 0.2) is 0 Å². The molecule has 0 radical (unpaired) electrons. The number of rotatable bonds is 4. The van der Waals surface area contributed by atoms with Crippen LogP contribution in [0.1, 0.15) is 214 Å². The average Bonchev–Trinajstić information content (AvgIpc) is 3.42. The molecule has 3 nitrogen and oxygen atoms in total. The Balaban J connectivity index is 0.000000139. The fraction of sp³-hybridized carbons (Fsp3) is 1.00. The van der Waals surface area contributed by atoms with Crippen LogP contribution in [0.25, 0.3) is 0 Å². The zero-order valence-corrected chi connectivity index (χ0v) is 39.8. The van der Waals surface area contributed by atoms with Gasteiger partial charge in [0.05, 0.1) is 0 Å². The van der Waals surface area contributed by atoms with Gasteiger partial charge in [-0.25, -0.2) is 0 Å². The second-order valence-electron chi connectivity index (χ2n) is 26.2. The van der Waals surface area contributed by atoms with Crippen molar-refractivity contribution in [1.29, 1.82) is 0 Å². The van der Waals surface area contributed by atoms with Gasteiger partial charge in [0, 0.05) is 55.9 Å². The number of likely N-dealkylation sites (tertiary alicyclic amines) is 2. The molecule has 4 heterocycles. The van der Waals surface area contributed by atoms with E-state index in [1.165, 1.54) is 116 Å². The Morgan fingerprint density at radius 3 is 1.56 bits per heavy atom. The van der Waals surface area contributed by atoms with Crippen molar-refractivity contribution >= 4 is 0 Å². The summed E-state index contributed by atoms with van der Waals surface area (Å²) in [5.41, 5.74) is 3.74. The maximum atomic E-state index is 2.75. The molecule has 54 heavy (non-hydrogen) atoms. The predicted octanol–water partition coefficient (Wildman–Crippen LogP) is 13.7. The van der Waals surface area contributed by atoms with E-state index in [-0.39, 0.29) is 0 Å². The molecule has 9 rings (SSSR count). The number of hydrogen-bond donors (Lipinski definition) is 0. The second kappa shape index (κ2) is 16.5. The first-order valence-corrected chi connectivity index (χ1v) is 24.0. The molecule has 0 N–H and O–H groups in total. The highest BCUT2D eigenvalue weighted by Crippen LogP contribution is 2.61. The van der Waals surface area contributed by atoms with Gasteiger partial charge in [-0.15, -0.1) is 0 Å². The van der Waals surface area contributed by atoms with Gasteiger partial charge in [0.2, 0.25) is 0 Å². The first-order valence-electron chi connectivity index (χ1n) is 24.0. The summed E-state index contributed by atoms with van der Waals surface area (Å²) in [7, 11) is 0. The van der Waals surface area contributed by atoms with Crippen LogP contribution in [0.3, 0.4) is 0 Å². The van der Waals surface area contributed by atoms with Crippen LogP contribution >= 0.6 is 0 Å². The summed E-state index contributed by atoms with van der Waals surface area (Å²) in [6.45, 7) is 45.2. The van der Waals surface area contributed by atoms with Crippen LogP contribution in [0, 0.1) is 56.2 Å². The molecule has 9 aliphatic rings. The zero-order valence-electron chi connectivity index (χ0n) is 39.8. The third-order valence-electron chi connectivity index (χ3n) is 16.7. The van der Waals surface area contributed by atoms with E-state index in [0.29, 0.717) is 32.5 Å². The van der Waals surface area contributed by atoms with Crippen molar-refractivity contribution in [2.75, 3.05) is 19.6 Å². The summed E-state index contributed by atoms with van der Waals surface area (Å²) in [4.78, 5) is 8.20. The Hall–Kier alpha value is -0.120. The van der Waals surface area contributed by atoms with Crippen molar-refractivity contribution in [1.82, 2.24) is 14.7 Å². The van der Waals surface area contributed by atoms with Crippen molar-refractivity contribution < 1.29 is 0 Å². The standard InChI is InChI=1S/C14H26.2C13H25N.C11H21N/c1-10(2)12-8-14(5)7-11(12)6-13(3,4)9-14;1-10(2)14-9-13(5)7-11(14)6-12(3,4)8-13;1-10(2)14-9-11-5-6-12(14)8-13(3,4)7-11;1-9(2)12-8-11(3)6-4-5-10(12)7-11/h10-12H,6-9H2,1-5H3;10-11H,6-9H2,1-5H3;10-12H,5-9H2,1-4H3;9-10H,4-8H2,1-3H3. The first kappa shape index (κ1) is 45.0. The predicted molar refractivity (Wildman–Crippen MR) is 237 cm³/mol. The van der Waals surface area contributed by atoms with E-state index in [1.807, 2.05) is 0 Å². The Labute approximate surface area is 339 Å². The maximum absolute atomic E-state index is 2.75. The fourth-order valence-electron chi connectivity index (χ4n) is 15.6. The molecular weight excluding hydrogens is 655 g/mol. The summed E-state index contributed by atoms with van der Waals surface area (Å²) >= 11 is 0. The van der Waals surface area contributed by atoms with E-state index in [0.717, 1.165) is 59.9 Å². The first-order chi connectivity index (χ1) is 24.7. The van der Waals surface area contributed by atoms with E-state index in [9.17, 15) is 0 Å². The van der Waals surface area contributed by atoms with Crippen LogP contribution in [0.5, 0.6) is 0 Å². The lowest BCUT2D eigenvalue weighted by molar-refractivity contribution is 0.0893. The number of nitrogens with zero attached hydrogens (tertiary/aromatic N) is 3. The van der Waals surface area contributed by atoms with E-state index in [2.05, 4.69) is 132 Å². The van der Waals surface area contributed by atoms with Crippen molar-refractivity contribution in [2.24, 2.45) is 56.2 Å². The molecular formula is C51H97N3. The quantitative estimate of drug-likeness (QED) is 0.283. The van der Waals surface area contributed by atoms with E-state index >= 15 is 0 Å². The minimum absolute atomic E-state index is 0.571. The van der Waals surface area contributed by atoms with Crippen LogP contribution in [0.15, 0.2) is 0 Å². The molecule has 0 amide bonds. The van der Waals surface area contributed by atoms with Crippen LogP contribution in [0.4, 0.5) is 0 Å². The molecule has 9 unspecified atom stereocenters. The lowest BCUT2D eigenvalue weighted by atomic mass is 9.65. The molecule has 0 aromatic rings. The number of fused-ring (bicyclic) bond motifs is 10. The number of hydrogen-bond acceptors (Lipinski definition) is 3. The van der Waals surface area contributed by atoms with Gasteiger partial charge in [0.1, 0.15) is 0 Å². The number of piperidine rings is 1. The van der Waals surface area contributed by atoms with Gasteiger partial charge in [0.25, 0.3) is 0 Å². The monoisotopic (exact) mass is 752 g/mol. The SMILES string of the molecule is CC(C)C1CC2(C)CC1CC(C)(C)C2.CC(C)N1CC2(C)CC1CC(C)(C)C2.CC(C)N1CC2(C)CCCC1C2.CC(C)N1CC2CCC1CC(C)(C)C2. The van der Waals surface area contributed by atoms with Crippen molar-refractivity contribution in [3.8, 4) is 0 Å². The third kappa shape index (κ3) is 11.1. The van der Waals surface area contributed by atoms with Gasteiger partial charge >= 0.3 is 0 Å². The molecule has 3 heteroatoms. The zero-order chi connectivity index (χ0) is 40.2. The Kier molecular flexibility index (Phi) is 13.7. The Bertz CT molecular complexity index is 1150. The molecule has 8 bridgehead atoms. The molecule has 4 saturated heterocycles. The highest BCUT2D eigenvalue weighted by Gasteiger charge is 2.52. The summed E-state index contributed by atoms with van der Waals surface area (Å²) in [5.74, 6) is 3.92. The van der Waals surface area contributed by atoms with E-state index in [4.69, 9.17) is 0 Å². The molecule has 316 valence electrons. The molecule has 9 fully saturated rings. The largest absolute Gasteiger partial charge is 0.298 e. The van der Waals surface area contributed by atoms with Crippen LogP contribution < -0.4 is 0 Å². The lowest BCUT2D eigenvalue weighted by Gasteiger charge is -2.40. The smallest absolute Gasteiger partial charge is 0.0109 e. The average molecular weight is 752 g/mol. The third-order valence-corrected chi connectivity index (χ3v) is 16.7. The minimum Gasteiger partial charge on any atom is -0.298 e. The fourth-order valence-corrected chi connectivity index (χ4v) is 15.6. The molecule has 5 saturated carbocycles. The summed E-state index contributed by atoms with van der Waals surface area (Å²) in [5, 5.41) is 0. The highest BCUT2D eigenvalue weighted by molar-refractivity contribution is 5.04. The summed E-state index contributed by atoms with van der Waals surface area (Å²) < 4.78 is 0. The Morgan fingerprint density at radius 2 is 0.963 bits per heavy atom. The highest BCUT2D eigenvalue weighted by atomic mass is 15.2. The molecule has 0 spiro atoms. The van der Waals surface area contributed by atoms with Crippen molar-refractivity contribution in [2.45, 2.75) is 250 Å².